The van der Waals surface area contributed by atoms with Gasteiger partial charge in [-0.05, 0) is 12.8 Å². The van der Waals surface area contributed by atoms with Gasteiger partial charge in [0.15, 0.2) is 0 Å². The minimum atomic E-state index is -3.23. The molecule has 0 aliphatic rings. The third-order valence-electron chi connectivity index (χ3n) is 3.49. The molecule has 0 heterocycles. The predicted molar refractivity (Wildman–Crippen MR) is 92.9 cm³/mol. The van der Waals surface area contributed by atoms with Crippen LogP contribution in [0.2, 0.25) is 0 Å². The Kier molecular flexibility index (Phi) is 21.3. The van der Waals surface area contributed by atoms with Gasteiger partial charge in [0, 0.05) is 0 Å². The van der Waals surface area contributed by atoms with Crippen LogP contribution in [0.25, 0.3) is 0 Å². The molecule has 0 saturated carbocycles. The Bertz CT molecular complexity index is 246. The van der Waals surface area contributed by atoms with Gasteiger partial charge in [-0.3, -0.25) is 0 Å². The number of hydrogen-bond acceptors (Lipinski definition) is 4. The van der Waals surface area contributed by atoms with Gasteiger partial charge < -0.3 is 13.9 Å². The van der Waals surface area contributed by atoms with Gasteiger partial charge >= 0.3 is 19.5 Å². The SMILES string of the molecule is CCCCCCCCOP([O-])(=S)OCCCCCCCC.[Zn+2]. The molecule has 0 atom stereocenters. The molecule has 0 radical (unpaired) electrons. The van der Waals surface area contributed by atoms with Crippen LogP contribution in [0.4, 0.5) is 0 Å². The topological polar surface area (TPSA) is 41.5 Å². The van der Waals surface area contributed by atoms with Crippen molar-refractivity contribution in [3.63, 3.8) is 0 Å². The molecular weight excluding hydrogens is 369 g/mol. The predicted octanol–water partition coefficient (Wildman–Crippen LogP) is 5.32. The van der Waals surface area contributed by atoms with E-state index in [0.717, 1.165) is 25.7 Å². The quantitative estimate of drug-likeness (QED) is 0.199. The largest absolute Gasteiger partial charge is 2.00 e. The van der Waals surface area contributed by atoms with E-state index in [0.29, 0.717) is 13.2 Å². The zero-order chi connectivity index (χ0) is 15.8. The molecule has 0 saturated heterocycles. The summed E-state index contributed by atoms with van der Waals surface area (Å²) in [5.41, 5.74) is 0. The molecule has 0 rings (SSSR count). The van der Waals surface area contributed by atoms with Crippen molar-refractivity contribution >= 4 is 18.5 Å². The van der Waals surface area contributed by atoms with Crippen LogP contribution in [0.15, 0.2) is 0 Å². The van der Waals surface area contributed by atoms with E-state index in [1.807, 2.05) is 0 Å². The van der Waals surface area contributed by atoms with E-state index in [4.69, 9.17) is 20.9 Å². The van der Waals surface area contributed by atoms with Crippen LogP contribution >= 0.6 is 6.72 Å². The van der Waals surface area contributed by atoms with Crippen molar-refractivity contribution in [2.24, 2.45) is 0 Å². The van der Waals surface area contributed by atoms with Gasteiger partial charge in [0.25, 0.3) is 0 Å². The van der Waals surface area contributed by atoms with Crippen molar-refractivity contribution in [3.8, 4) is 0 Å². The molecule has 0 amide bonds. The Morgan fingerprint density at radius 3 is 1.36 bits per heavy atom. The molecule has 128 valence electrons. The summed E-state index contributed by atoms with van der Waals surface area (Å²) in [7, 11) is 0. The van der Waals surface area contributed by atoms with Crippen molar-refractivity contribution in [2.45, 2.75) is 90.9 Å². The molecular formula is C16H34O3PSZn+. The first kappa shape index (κ1) is 25.4. The second-order valence-electron chi connectivity index (χ2n) is 5.65. The zero-order valence-corrected chi connectivity index (χ0v) is 19.4. The van der Waals surface area contributed by atoms with Crippen molar-refractivity contribution in [1.29, 1.82) is 0 Å². The summed E-state index contributed by atoms with van der Waals surface area (Å²) in [4.78, 5) is 11.9. The van der Waals surface area contributed by atoms with Crippen LogP contribution in [0, 0.1) is 0 Å². The molecule has 6 heteroatoms. The fourth-order valence-electron chi connectivity index (χ4n) is 2.15. The Labute approximate surface area is 155 Å². The van der Waals surface area contributed by atoms with Crippen molar-refractivity contribution in [3.05, 3.63) is 0 Å². The van der Waals surface area contributed by atoms with E-state index >= 15 is 0 Å². The van der Waals surface area contributed by atoms with Gasteiger partial charge in [-0.25, -0.2) is 0 Å². The first-order chi connectivity index (χ1) is 10.1. The summed E-state index contributed by atoms with van der Waals surface area (Å²) >= 11 is 4.89. The monoisotopic (exact) mass is 401 g/mol. The maximum Gasteiger partial charge on any atom is 2.00 e. The third kappa shape index (κ3) is 19.2. The normalized spacial score (nSPS) is 11.4. The molecule has 0 unspecified atom stereocenters. The second kappa shape index (κ2) is 18.5. The van der Waals surface area contributed by atoms with Crippen LogP contribution in [0.5, 0.6) is 0 Å². The Morgan fingerprint density at radius 2 is 1.00 bits per heavy atom. The number of unbranched alkanes of at least 4 members (excludes halogenated alkanes) is 10. The smallest absolute Gasteiger partial charge is 0.780 e. The van der Waals surface area contributed by atoms with Crippen molar-refractivity contribution in [2.75, 3.05) is 13.2 Å². The third-order valence-corrected chi connectivity index (χ3v) is 5.12. The van der Waals surface area contributed by atoms with E-state index in [1.54, 1.807) is 0 Å². The van der Waals surface area contributed by atoms with Crippen LogP contribution in [0.1, 0.15) is 90.9 Å². The van der Waals surface area contributed by atoms with E-state index < -0.39 is 6.72 Å². The van der Waals surface area contributed by atoms with E-state index in [2.05, 4.69) is 13.8 Å². The molecule has 0 N–H and O–H groups in total. The van der Waals surface area contributed by atoms with Crippen LogP contribution < -0.4 is 4.89 Å². The number of hydrogen-bond donors (Lipinski definition) is 0. The second-order valence-corrected chi connectivity index (χ2v) is 8.40. The van der Waals surface area contributed by atoms with Crippen LogP contribution in [-0.2, 0) is 40.3 Å². The Morgan fingerprint density at radius 1 is 0.682 bits per heavy atom. The molecule has 0 bridgehead atoms. The van der Waals surface area contributed by atoms with Crippen LogP contribution in [-0.4, -0.2) is 13.2 Å². The maximum absolute atomic E-state index is 11.9. The standard InChI is InChI=1S/C16H35O3PS.Zn/c1-3-5-7-9-11-13-15-18-20(17,21)19-16-14-12-10-8-6-4-2;/h3-16H2,1-2H3,(H,17,21);/q;+2/p-1. The summed E-state index contributed by atoms with van der Waals surface area (Å²) in [5, 5.41) is 0. The number of rotatable bonds is 16. The molecule has 0 aromatic heterocycles. The summed E-state index contributed by atoms with van der Waals surface area (Å²) < 4.78 is 10.5. The summed E-state index contributed by atoms with van der Waals surface area (Å²) in [6.07, 6.45) is 14.2. The van der Waals surface area contributed by atoms with E-state index in [1.165, 1.54) is 51.4 Å². The van der Waals surface area contributed by atoms with Crippen molar-refractivity contribution in [1.82, 2.24) is 0 Å². The fourth-order valence-corrected chi connectivity index (χ4v) is 3.38. The average Bonchev–Trinajstić information content (AvgIpc) is 2.45. The minimum absolute atomic E-state index is 0. The molecule has 0 aliphatic heterocycles. The van der Waals surface area contributed by atoms with Gasteiger partial charge in [-0.2, -0.15) is 0 Å². The molecule has 0 aromatic carbocycles. The summed E-state index contributed by atoms with van der Waals surface area (Å²) in [5.74, 6) is 0. The molecule has 22 heavy (non-hydrogen) atoms. The van der Waals surface area contributed by atoms with Crippen molar-refractivity contribution < 1.29 is 33.4 Å². The van der Waals surface area contributed by atoms with E-state index in [9.17, 15) is 4.89 Å². The maximum atomic E-state index is 11.9. The van der Waals surface area contributed by atoms with Gasteiger partial charge in [-0.1, -0.05) is 89.9 Å². The van der Waals surface area contributed by atoms with Gasteiger partial charge in [-0.15, -0.1) is 0 Å². The molecule has 0 aromatic rings. The van der Waals surface area contributed by atoms with Gasteiger partial charge in [0.05, 0.1) is 13.2 Å². The summed E-state index contributed by atoms with van der Waals surface area (Å²) in [6.45, 7) is 2.10. The molecule has 0 spiro atoms. The first-order valence-electron chi connectivity index (χ1n) is 8.72. The van der Waals surface area contributed by atoms with Gasteiger partial charge in [0.1, 0.15) is 6.72 Å². The molecule has 3 nitrogen and oxygen atoms in total. The first-order valence-corrected chi connectivity index (χ1v) is 11.3. The van der Waals surface area contributed by atoms with Gasteiger partial charge in [0.2, 0.25) is 0 Å². The molecule has 0 fully saturated rings. The van der Waals surface area contributed by atoms with E-state index in [-0.39, 0.29) is 19.5 Å². The average molecular weight is 403 g/mol. The summed E-state index contributed by atoms with van der Waals surface area (Å²) in [6, 6.07) is 0. The minimum Gasteiger partial charge on any atom is -0.780 e. The fraction of sp³-hybridized carbons (Fsp3) is 1.00. The Hall–Kier alpha value is 1.15. The Balaban J connectivity index is 0. The molecule has 0 aliphatic carbocycles. The van der Waals surface area contributed by atoms with Crippen LogP contribution in [0.3, 0.4) is 0 Å². The zero-order valence-electron chi connectivity index (χ0n) is 14.7.